The fourth-order valence-corrected chi connectivity index (χ4v) is 2.33. The highest BCUT2D eigenvalue weighted by molar-refractivity contribution is 7.86. The third kappa shape index (κ3) is 2.92. The quantitative estimate of drug-likeness (QED) is 0.454. The summed E-state index contributed by atoms with van der Waals surface area (Å²) in [7, 11) is -4.49. The van der Waals surface area contributed by atoms with Crippen LogP contribution in [-0.4, -0.2) is 13.0 Å². The molecule has 0 atom stereocenters. The van der Waals surface area contributed by atoms with Gasteiger partial charge in [0.05, 0.1) is 11.4 Å². The van der Waals surface area contributed by atoms with Crippen LogP contribution in [0.25, 0.3) is 0 Å². The molecule has 2 aromatic rings. The van der Waals surface area contributed by atoms with Crippen molar-refractivity contribution >= 4 is 32.9 Å². The third-order valence-corrected chi connectivity index (χ3v) is 3.45. The molecule has 0 aromatic heterocycles. The molecule has 0 bridgehead atoms. The van der Waals surface area contributed by atoms with Crippen molar-refractivity contribution in [1.82, 2.24) is 0 Å². The molecule has 0 saturated heterocycles. The summed E-state index contributed by atoms with van der Waals surface area (Å²) in [4.78, 5) is -0.474. The largest absolute Gasteiger partial charge is 0.398 e. The Labute approximate surface area is 115 Å². The molecule has 0 amide bonds. The van der Waals surface area contributed by atoms with Gasteiger partial charge in [0.15, 0.2) is 0 Å². The minimum Gasteiger partial charge on any atom is -0.398 e. The van der Waals surface area contributed by atoms with Crippen LogP contribution in [0.15, 0.2) is 57.6 Å². The molecular formula is C12H12N4O3S. The molecule has 0 aliphatic carbocycles. The summed E-state index contributed by atoms with van der Waals surface area (Å²) in [5.41, 5.74) is 11.8. The van der Waals surface area contributed by atoms with Gasteiger partial charge in [0.1, 0.15) is 16.3 Å². The maximum Gasteiger partial charge on any atom is 0.298 e. The van der Waals surface area contributed by atoms with Crippen LogP contribution < -0.4 is 11.5 Å². The Hall–Kier alpha value is -2.45. The first-order valence-corrected chi connectivity index (χ1v) is 6.96. The van der Waals surface area contributed by atoms with E-state index < -0.39 is 15.0 Å². The standard InChI is InChI=1S/C12H12N4O3S/c13-8-4-1-2-6-10(8)15-16-11-7-3-5-9(14)12(11)20(17,18)19/h1-7H,13-14H2,(H,17,18,19)/b16-15+. The van der Waals surface area contributed by atoms with E-state index in [1.165, 1.54) is 18.2 Å². The molecule has 0 heterocycles. The van der Waals surface area contributed by atoms with Crippen LogP contribution >= 0.6 is 0 Å². The summed E-state index contributed by atoms with van der Waals surface area (Å²) in [6.45, 7) is 0. The SMILES string of the molecule is Nc1ccccc1/N=N/c1cccc(N)c1S(=O)(=O)O. The number of benzene rings is 2. The van der Waals surface area contributed by atoms with Crippen LogP contribution in [0.2, 0.25) is 0 Å². The highest BCUT2D eigenvalue weighted by Crippen LogP contribution is 2.31. The van der Waals surface area contributed by atoms with Gasteiger partial charge >= 0.3 is 0 Å². The molecule has 104 valence electrons. The lowest BCUT2D eigenvalue weighted by Crippen LogP contribution is -2.03. The molecule has 20 heavy (non-hydrogen) atoms. The van der Waals surface area contributed by atoms with Gasteiger partial charge in [-0.1, -0.05) is 18.2 Å². The van der Waals surface area contributed by atoms with E-state index in [9.17, 15) is 8.42 Å². The second-order valence-electron chi connectivity index (χ2n) is 3.93. The highest BCUT2D eigenvalue weighted by atomic mass is 32.2. The van der Waals surface area contributed by atoms with Crippen molar-refractivity contribution in [1.29, 1.82) is 0 Å². The van der Waals surface area contributed by atoms with Gasteiger partial charge < -0.3 is 11.5 Å². The Morgan fingerprint density at radius 1 is 0.850 bits per heavy atom. The van der Waals surface area contributed by atoms with Crippen LogP contribution in [0.5, 0.6) is 0 Å². The number of hydrogen-bond acceptors (Lipinski definition) is 6. The third-order valence-electron chi connectivity index (χ3n) is 2.48. The number of nitrogen functional groups attached to an aromatic ring is 2. The zero-order valence-electron chi connectivity index (χ0n) is 10.3. The van der Waals surface area contributed by atoms with Gasteiger partial charge in [-0.2, -0.15) is 8.42 Å². The molecule has 0 radical (unpaired) electrons. The lowest BCUT2D eigenvalue weighted by atomic mass is 10.3. The Morgan fingerprint density at radius 2 is 1.40 bits per heavy atom. The first-order chi connectivity index (χ1) is 9.39. The molecular weight excluding hydrogens is 280 g/mol. The Kier molecular flexibility index (Phi) is 3.68. The highest BCUT2D eigenvalue weighted by Gasteiger charge is 2.19. The molecule has 5 N–H and O–H groups in total. The van der Waals surface area contributed by atoms with E-state index in [0.717, 1.165) is 0 Å². The fraction of sp³-hybridized carbons (Fsp3) is 0. The van der Waals surface area contributed by atoms with E-state index in [1.54, 1.807) is 24.3 Å². The monoisotopic (exact) mass is 292 g/mol. The summed E-state index contributed by atoms with van der Waals surface area (Å²) in [5, 5.41) is 7.65. The number of anilines is 2. The molecule has 0 aliphatic heterocycles. The molecule has 8 heteroatoms. The Balaban J connectivity index is 2.51. The van der Waals surface area contributed by atoms with Crippen molar-refractivity contribution in [3.63, 3.8) is 0 Å². The van der Waals surface area contributed by atoms with Crippen LogP contribution in [0.1, 0.15) is 0 Å². The van der Waals surface area contributed by atoms with E-state index >= 15 is 0 Å². The second-order valence-corrected chi connectivity index (χ2v) is 5.29. The van der Waals surface area contributed by atoms with Gasteiger partial charge in [-0.25, -0.2) is 0 Å². The molecule has 2 aromatic carbocycles. The van der Waals surface area contributed by atoms with Gasteiger partial charge in [-0.15, -0.1) is 10.2 Å². The summed E-state index contributed by atoms with van der Waals surface area (Å²) in [6, 6.07) is 10.9. The van der Waals surface area contributed by atoms with Gasteiger partial charge in [0.2, 0.25) is 0 Å². The van der Waals surface area contributed by atoms with E-state index in [0.29, 0.717) is 11.4 Å². The fourth-order valence-electron chi connectivity index (χ4n) is 1.59. The van der Waals surface area contributed by atoms with Crippen LogP contribution in [0.4, 0.5) is 22.7 Å². The minimum absolute atomic E-state index is 0.0595. The first kappa shape index (κ1) is 14.0. The van der Waals surface area contributed by atoms with Crippen LogP contribution in [-0.2, 0) is 10.1 Å². The van der Waals surface area contributed by atoms with Gasteiger partial charge in [-0.05, 0) is 24.3 Å². The first-order valence-electron chi connectivity index (χ1n) is 5.52. The molecule has 0 unspecified atom stereocenters. The predicted octanol–water partition coefficient (Wildman–Crippen LogP) is 2.51. The van der Waals surface area contributed by atoms with Crippen molar-refractivity contribution in [2.75, 3.05) is 11.5 Å². The van der Waals surface area contributed by atoms with E-state index in [4.69, 9.17) is 16.0 Å². The zero-order chi connectivity index (χ0) is 14.8. The normalized spacial score (nSPS) is 11.8. The molecule has 0 spiro atoms. The second kappa shape index (κ2) is 5.27. The number of hydrogen-bond donors (Lipinski definition) is 3. The van der Waals surface area contributed by atoms with Crippen molar-refractivity contribution < 1.29 is 13.0 Å². The van der Waals surface area contributed by atoms with Crippen LogP contribution in [0.3, 0.4) is 0 Å². The summed E-state index contributed by atoms with van der Waals surface area (Å²) >= 11 is 0. The number of rotatable bonds is 3. The molecule has 0 fully saturated rings. The van der Waals surface area contributed by atoms with Gasteiger partial charge in [-0.3, -0.25) is 4.55 Å². The smallest absolute Gasteiger partial charge is 0.298 e. The summed E-state index contributed by atoms with van der Waals surface area (Å²) in [5.74, 6) is 0. The van der Waals surface area contributed by atoms with Gasteiger partial charge in [0, 0.05) is 0 Å². The number of nitrogens with zero attached hydrogens (tertiary/aromatic N) is 2. The van der Waals surface area contributed by atoms with E-state index in [2.05, 4.69) is 10.2 Å². The maximum atomic E-state index is 11.3. The van der Waals surface area contributed by atoms with Gasteiger partial charge in [0.25, 0.3) is 10.1 Å². The summed E-state index contributed by atoms with van der Waals surface area (Å²) in [6.07, 6.45) is 0. The lowest BCUT2D eigenvalue weighted by molar-refractivity contribution is 0.484. The minimum atomic E-state index is -4.49. The molecule has 7 nitrogen and oxygen atoms in total. The predicted molar refractivity (Wildman–Crippen MR) is 75.7 cm³/mol. The average molecular weight is 292 g/mol. The average Bonchev–Trinajstić information content (AvgIpc) is 2.36. The Morgan fingerprint density at radius 3 is 2.05 bits per heavy atom. The molecule has 2 rings (SSSR count). The number of azo groups is 1. The van der Waals surface area contributed by atoms with Crippen molar-refractivity contribution in [3.8, 4) is 0 Å². The lowest BCUT2D eigenvalue weighted by Gasteiger charge is -2.05. The zero-order valence-corrected chi connectivity index (χ0v) is 11.1. The van der Waals surface area contributed by atoms with Crippen molar-refractivity contribution in [2.45, 2.75) is 4.90 Å². The molecule has 0 saturated carbocycles. The Bertz CT molecular complexity index is 772. The summed E-state index contributed by atoms with van der Waals surface area (Å²) < 4.78 is 31.8. The number of nitrogens with two attached hydrogens (primary N) is 2. The number of para-hydroxylation sites is 1. The van der Waals surface area contributed by atoms with Crippen LogP contribution in [0, 0.1) is 0 Å². The van der Waals surface area contributed by atoms with E-state index in [1.807, 2.05) is 0 Å². The topological polar surface area (TPSA) is 131 Å². The van der Waals surface area contributed by atoms with E-state index in [-0.39, 0.29) is 11.4 Å². The maximum absolute atomic E-state index is 11.3. The molecule has 0 aliphatic rings. The van der Waals surface area contributed by atoms with Crippen molar-refractivity contribution in [3.05, 3.63) is 42.5 Å². The van der Waals surface area contributed by atoms with Crippen molar-refractivity contribution in [2.24, 2.45) is 10.2 Å².